The fourth-order valence-corrected chi connectivity index (χ4v) is 2.44. The van der Waals surface area contributed by atoms with Gasteiger partial charge in [0.2, 0.25) is 0 Å². The normalized spacial score (nSPS) is 21.3. The third kappa shape index (κ3) is 2.31. The number of aryl methyl sites for hydroxylation is 1. The summed E-state index contributed by atoms with van der Waals surface area (Å²) in [6.45, 7) is 10.3. The largest absolute Gasteiger partial charge is 0.496 e. The van der Waals surface area contributed by atoms with Crippen molar-refractivity contribution in [3.05, 3.63) is 17.8 Å². The Morgan fingerprint density at radius 1 is 1.17 bits per heavy atom. The van der Waals surface area contributed by atoms with Crippen LogP contribution in [0.15, 0.2) is 17.3 Å². The van der Waals surface area contributed by atoms with Crippen LogP contribution in [0.5, 0.6) is 0 Å². The van der Waals surface area contributed by atoms with Crippen LogP contribution in [0, 0.1) is 6.92 Å². The van der Waals surface area contributed by atoms with E-state index in [1.54, 1.807) is 11.8 Å². The molecule has 1 saturated heterocycles. The molecule has 1 aromatic rings. The minimum absolute atomic E-state index is 0.302. The molecule has 0 N–H and O–H groups in total. The topological polar surface area (TPSA) is 31.4 Å². The Bertz CT molecular complexity index is 446. The monoisotopic (exact) mass is 265 g/mol. The number of nitrogens with zero attached hydrogens (tertiary/aromatic N) is 1. The molecule has 2 rings (SSSR count). The summed E-state index contributed by atoms with van der Waals surface area (Å²) in [7, 11) is -0.322. The molecular formula is C13H20BNO2S. The molecule has 0 bridgehead atoms. The lowest BCUT2D eigenvalue weighted by atomic mass is 9.80. The summed E-state index contributed by atoms with van der Waals surface area (Å²) >= 11 is 1.65. The molecule has 2 heterocycles. The van der Waals surface area contributed by atoms with Crippen molar-refractivity contribution in [2.24, 2.45) is 0 Å². The van der Waals surface area contributed by atoms with Gasteiger partial charge in [-0.2, -0.15) is 0 Å². The summed E-state index contributed by atoms with van der Waals surface area (Å²) in [5.41, 5.74) is 1.55. The van der Waals surface area contributed by atoms with E-state index in [1.165, 1.54) is 0 Å². The van der Waals surface area contributed by atoms with E-state index >= 15 is 0 Å². The Kier molecular flexibility index (Phi) is 3.51. The van der Waals surface area contributed by atoms with Gasteiger partial charge in [0.05, 0.1) is 16.2 Å². The van der Waals surface area contributed by atoms with Crippen LogP contribution in [0.4, 0.5) is 0 Å². The van der Waals surface area contributed by atoms with Crippen molar-refractivity contribution < 1.29 is 9.31 Å². The van der Waals surface area contributed by atoms with E-state index in [-0.39, 0.29) is 18.3 Å². The zero-order valence-electron chi connectivity index (χ0n) is 11.9. The number of aromatic nitrogens is 1. The second kappa shape index (κ2) is 4.55. The van der Waals surface area contributed by atoms with Crippen molar-refractivity contribution in [2.45, 2.75) is 50.8 Å². The molecule has 1 aliphatic rings. The number of rotatable bonds is 2. The van der Waals surface area contributed by atoms with Gasteiger partial charge in [-0.05, 0) is 46.4 Å². The molecule has 3 nitrogen and oxygen atoms in total. The number of pyridine rings is 1. The molecule has 18 heavy (non-hydrogen) atoms. The molecule has 1 fully saturated rings. The highest BCUT2D eigenvalue weighted by atomic mass is 32.2. The molecule has 1 aliphatic heterocycles. The van der Waals surface area contributed by atoms with Crippen LogP contribution >= 0.6 is 11.8 Å². The van der Waals surface area contributed by atoms with E-state index in [0.29, 0.717) is 0 Å². The molecule has 98 valence electrons. The average Bonchev–Trinajstić information content (AvgIpc) is 2.48. The molecular weight excluding hydrogens is 245 g/mol. The lowest BCUT2D eigenvalue weighted by Gasteiger charge is -2.32. The summed E-state index contributed by atoms with van der Waals surface area (Å²) in [4.78, 5) is 4.44. The Balaban J connectivity index is 2.27. The zero-order chi connectivity index (χ0) is 13.6. The van der Waals surface area contributed by atoms with Crippen molar-refractivity contribution >= 4 is 24.3 Å². The van der Waals surface area contributed by atoms with E-state index in [0.717, 1.165) is 16.1 Å². The van der Waals surface area contributed by atoms with Gasteiger partial charge in [-0.1, -0.05) is 6.07 Å². The Morgan fingerprint density at radius 3 is 2.17 bits per heavy atom. The van der Waals surface area contributed by atoms with E-state index in [9.17, 15) is 0 Å². The summed E-state index contributed by atoms with van der Waals surface area (Å²) in [5, 5.41) is 1.05. The summed E-state index contributed by atoms with van der Waals surface area (Å²) in [6, 6.07) is 2.10. The minimum atomic E-state index is -0.322. The first-order valence-electron chi connectivity index (χ1n) is 6.13. The van der Waals surface area contributed by atoms with E-state index < -0.39 is 0 Å². The van der Waals surface area contributed by atoms with Crippen molar-refractivity contribution in [3.63, 3.8) is 0 Å². The van der Waals surface area contributed by atoms with Gasteiger partial charge in [0.25, 0.3) is 0 Å². The zero-order valence-corrected chi connectivity index (χ0v) is 12.7. The Labute approximate surface area is 114 Å². The lowest BCUT2D eigenvalue weighted by molar-refractivity contribution is 0.00578. The molecule has 0 unspecified atom stereocenters. The van der Waals surface area contributed by atoms with Crippen molar-refractivity contribution in [1.29, 1.82) is 0 Å². The van der Waals surface area contributed by atoms with Crippen LogP contribution in [-0.4, -0.2) is 29.6 Å². The maximum absolute atomic E-state index is 6.01. The van der Waals surface area contributed by atoms with E-state index in [2.05, 4.69) is 45.7 Å². The van der Waals surface area contributed by atoms with Gasteiger partial charge in [-0.25, -0.2) is 0 Å². The molecule has 0 saturated carbocycles. The molecule has 0 aromatic carbocycles. The van der Waals surface area contributed by atoms with Crippen LogP contribution in [0.1, 0.15) is 33.3 Å². The molecule has 0 amide bonds. The molecule has 1 aromatic heterocycles. The number of hydrogen-bond donors (Lipinski definition) is 0. The third-order valence-corrected chi connectivity index (χ3v) is 4.58. The highest BCUT2D eigenvalue weighted by Gasteiger charge is 2.51. The molecule has 0 aliphatic carbocycles. The van der Waals surface area contributed by atoms with Crippen LogP contribution in [0.25, 0.3) is 0 Å². The minimum Gasteiger partial charge on any atom is -0.399 e. The van der Waals surface area contributed by atoms with Gasteiger partial charge in [0.1, 0.15) is 0 Å². The Morgan fingerprint density at radius 2 is 1.72 bits per heavy atom. The fourth-order valence-electron chi connectivity index (χ4n) is 1.91. The summed E-state index contributed by atoms with van der Waals surface area (Å²) < 4.78 is 12.0. The maximum atomic E-state index is 6.01. The molecule has 5 heteroatoms. The van der Waals surface area contributed by atoms with Crippen LogP contribution < -0.4 is 5.46 Å². The average molecular weight is 265 g/mol. The summed E-state index contributed by atoms with van der Waals surface area (Å²) in [6.07, 6.45) is 3.88. The van der Waals surface area contributed by atoms with Gasteiger partial charge in [-0.3, -0.25) is 4.98 Å². The van der Waals surface area contributed by atoms with Crippen LogP contribution in [-0.2, 0) is 9.31 Å². The SMILES string of the molecule is CSc1ncc(B2OC(C)(C)C(C)(C)O2)cc1C. The lowest BCUT2D eigenvalue weighted by Crippen LogP contribution is -2.41. The molecule has 0 radical (unpaired) electrons. The predicted molar refractivity (Wildman–Crippen MR) is 76.5 cm³/mol. The van der Waals surface area contributed by atoms with Gasteiger partial charge >= 0.3 is 7.12 Å². The summed E-state index contributed by atoms with van der Waals surface area (Å²) in [5.74, 6) is 0. The predicted octanol–water partition coefficient (Wildman–Crippen LogP) is 2.41. The van der Waals surface area contributed by atoms with Crippen molar-refractivity contribution in [1.82, 2.24) is 4.98 Å². The first-order chi connectivity index (χ1) is 8.27. The van der Waals surface area contributed by atoms with E-state index in [4.69, 9.17) is 9.31 Å². The van der Waals surface area contributed by atoms with Crippen LogP contribution in [0.3, 0.4) is 0 Å². The third-order valence-electron chi connectivity index (χ3n) is 3.77. The molecule has 0 spiro atoms. The first kappa shape index (κ1) is 13.9. The Hall–Kier alpha value is -0.515. The number of hydrogen-bond acceptors (Lipinski definition) is 4. The maximum Gasteiger partial charge on any atom is 0.496 e. The highest BCUT2D eigenvalue weighted by molar-refractivity contribution is 7.98. The van der Waals surface area contributed by atoms with Gasteiger partial charge in [0, 0.05) is 11.7 Å². The smallest absolute Gasteiger partial charge is 0.399 e. The van der Waals surface area contributed by atoms with Crippen molar-refractivity contribution in [3.8, 4) is 0 Å². The van der Waals surface area contributed by atoms with Crippen LogP contribution in [0.2, 0.25) is 0 Å². The fraction of sp³-hybridized carbons (Fsp3) is 0.615. The molecule has 0 atom stereocenters. The second-order valence-electron chi connectivity index (χ2n) is 5.68. The highest BCUT2D eigenvalue weighted by Crippen LogP contribution is 2.36. The first-order valence-corrected chi connectivity index (χ1v) is 7.35. The van der Waals surface area contributed by atoms with Crippen molar-refractivity contribution in [2.75, 3.05) is 6.26 Å². The standard InChI is InChI=1S/C13H20BNO2S/c1-9-7-10(8-15-11(9)18-6)14-16-12(2,3)13(4,5)17-14/h7-8H,1-6H3. The second-order valence-corrected chi connectivity index (χ2v) is 6.48. The quantitative estimate of drug-likeness (QED) is 0.607. The van der Waals surface area contributed by atoms with E-state index in [1.807, 2.05) is 12.5 Å². The van der Waals surface area contributed by atoms with Gasteiger partial charge in [0.15, 0.2) is 0 Å². The van der Waals surface area contributed by atoms with Gasteiger partial charge in [-0.15, -0.1) is 11.8 Å². The number of thioether (sulfide) groups is 1. The van der Waals surface area contributed by atoms with Gasteiger partial charge < -0.3 is 9.31 Å².